The van der Waals surface area contributed by atoms with E-state index in [1.165, 1.54) is 133 Å². The number of anilines is 3. The van der Waals surface area contributed by atoms with Crippen LogP contribution >= 0.6 is 0 Å². The Morgan fingerprint density at radius 2 is 1.06 bits per heavy atom. The number of nitrogens with zero attached hydrogens (tertiary/aromatic N) is 2. The average molecular weight is 863 g/mol. The lowest BCUT2D eigenvalue weighted by Gasteiger charge is -2.42. The molecule has 0 saturated carbocycles. The summed E-state index contributed by atoms with van der Waals surface area (Å²) in [6.45, 7) is 34.5. The zero-order chi connectivity index (χ0) is 46.7. The molecule has 0 fully saturated rings. The standard InChI is InChI=1S/C62H63BN2O/c1-34-22-36(3)54(37(4)23-34)40-16-19-51-47(26-40)48-27-42(55-38(5)24-35(2)25-39(55)6)28-49-56-57-53(29-41-20-21-66-59(41)56)64(46-31-44(61(10,11)12)30-45(32-46)62(13,14)15)52-33-43(60(7,8)9)17-18-50(52)63(57)65(51)58(48)49/h16-33H,1-15H3. The van der Waals surface area contributed by atoms with Crippen LogP contribution in [0.5, 0.6) is 0 Å². The van der Waals surface area contributed by atoms with Gasteiger partial charge in [-0.3, -0.25) is 0 Å². The van der Waals surface area contributed by atoms with Gasteiger partial charge >= 0.3 is 6.85 Å². The van der Waals surface area contributed by atoms with Crippen LogP contribution in [0.2, 0.25) is 0 Å². The molecule has 11 rings (SSSR count). The van der Waals surface area contributed by atoms with Gasteiger partial charge in [-0.15, -0.1) is 0 Å². The highest BCUT2D eigenvalue weighted by atomic mass is 16.3. The molecule has 0 spiro atoms. The molecule has 330 valence electrons. The Balaban J connectivity index is 1.32. The summed E-state index contributed by atoms with van der Waals surface area (Å²) in [7, 11) is 0. The van der Waals surface area contributed by atoms with Crippen molar-refractivity contribution in [3.05, 3.63) is 159 Å². The second kappa shape index (κ2) is 14.1. The quantitative estimate of drug-likeness (QED) is 0.165. The molecule has 7 aromatic carbocycles. The third kappa shape index (κ3) is 6.30. The minimum Gasteiger partial charge on any atom is -0.464 e. The first-order valence-corrected chi connectivity index (χ1v) is 24.0. The molecule has 4 heterocycles. The molecule has 3 nitrogen and oxygen atoms in total. The lowest BCUT2D eigenvalue weighted by atomic mass is 9.45. The maximum absolute atomic E-state index is 6.72. The van der Waals surface area contributed by atoms with Crippen LogP contribution in [0.25, 0.3) is 66.2 Å². The maximum Gasteiger partial charge on any atom is 0.333 e. The first kappa shape index (κ1) is 42.4. The lowest BCUT2D eigenvalue weighted by molar-refractivity contribution is 0.569. The van der Waals surface area contributed by atoms with Gasteiger partial charge in [0.1, 0.15) is 5.58 Å². The molecule has 2 aromatic heterocycles. The van der Waals surface area contributed by atoms with Crippen molar-refractivity contribution in [2.45, 2.75) is 120 Å². The monoisotopic (exact) mass is 863 g/mol. The summed E-state index contributed by atoms with van der Waals surface area (Å²) in [5.74, 6) is 0. The van der Waals surface area contributed by atoms with Crippen LogP contribution in [0.15, 0.2) is 114 Å². The second-order valence-corrected chi connectivity index (χ2v) is 23.1. The second-order valence-electron chi connectivity index (χ2n) is 23.1. The number of aryl methyl sites for hydroxylation is 6. The number of hydrogen-bond donors (Lipinski definition) is 0. The first-order chi connectivity index (χ1) is 31.1. The van der Waals surface area contributed by atoms with Crippen molar-refractivity contribution in [1.82, 2.24) is 4.48 Å². The van der Waals surface area contributed by atoms with Gasteiger partial charge in [-0.05, 0) is 185 Å². The topological polar surface area (TPSA) is 21.3 Å². The molecule has 0 aliphatic carbocycles. The van der Waals surface area contributed by atoms with Gasteiger partial charge in [-0.2, -0.15) is 0 Å². The Kier molecular flexibility index (Phi) is 9.07. The Bertz CT molecular complexity index is 3480. The third-order valence-electron chi connectivity index (χ3n) is 15.0. The van der Waals surface area contributed by atoms with E-state index in [-0.39, 0.29) is 23.1 Å². The highest BCUT2D eigenvalue weighted by Crippen LogP contribution is 2.51. The van der Waals surface area contributed by atoms with E-state index < -0.39 is 0 Å². The summed E-state index contributed by atoms with van der Waals surface area (Å²) in [5.41, 5.74) is 28.9. The average Bonchev–Trinajstić information content (AvgIpc) is 3.82. The maximum atomic E-state index is 6.72. The van der Waals surface area contributed by atoms with Gasteiger partial charge in [0.2, 0.25) is 0 Å². The molecular formula is C62H63BN2O. The van der Waals surface area contributed by atoms with E-state index in [4.69, 9.17) is 4.42 Å². The summed E-state index contributed by atoms with van der Waals surface area (Å²) < 4.78 is 9.43. The van der Waals surface area contributed by atoms with Crippen LogP contribution in [-0.2, 0) is 16.2 Å². The largest absolute Gasteiger partial charge is 0.464 e. The Morgan fingerprint density at radius 3 is 1.65 bits per heavy atom. The van der Waals surface area contributed by atoms with Gasteiger partial charge in [0.05, 0.1) is 6.26 Å². The van der Waals surface area contributed by atoms with Crippen molar-refractivity contribution in [3.8, 4) is 33.4 Å². The van der Waals surface area contributed by atoms with Gasteiger partial charge in [0.25, 0.3) is 0 Å². The minimum absolute atomic E-state index is 0.0515. The summed E-state index contributed by atoms with van der Waals surface area (Å²) in [6.07, 6.45) is 1.90. The van der Waals surface area contributed by atoms with Crippen molar-refractivity contribution >= 4 is 67.6 Å². The van der Waals surface area contributed by atoms with E-state index in [1.807, 2.05) is 6.26 Å². The number of hydrogen-bond acceptors (Lipinski definition) is 2. The third-order valence-corrected chi connectivity index (χ3v) is 15.0. The molecule has 0 radical (unpaired) electrons. The zero-order valence-corrected chi connectivity index (χ0v) is 41.8. The number of fused-ring (bicyclic) bond motifs is 9. The van der Waals surface area contributed by atoms with Gasteiger partial charge in [0.15, 0.2) is 0 Å². The van der Waals surface area contributed by atoms with Crippen molar-refractivity contribution < 1.29 is 4.42 Å². The lowest BCUT2D eigenvalue weighted by Crippen LogP contribution is -2.56. The highest BCUT2D eigenvalue weighted by molar-refractivity contribution is 6.90. The molecule has 0 saturated heterocycles. The van der Waals surface area contributed by atoms with Crippen LogP contribution in [0.3, 0.4) is 0 Å². The summed E-state index contributed by atoms with van der Waals surface area (Å²) in [5, 5.41) is 3.67. The SMILES string of the molecule is Cc1cc(C)c(-c2ccc3c(c2)c2cc(-c4c(C)cc(C)cc4C)cc4c2n3B2c3ccc(C(C)(C)C)cc3N(c3cc(C(C)(C)C)cc(C(C)(C)C)c3)c3cc5ccoc5c-4c32)c(C)c1. The molecule has 0 unspecified atom stereocenters. The normalized spacial score (nSPS) is 13.6. The first-order valence-electron chi connectivity index (χ1n) is 24.0. The number of rotatable bonds is 3. The fourth-order valence-electron chi connectivity index (χ4n) is 11.9. The molecular weight excluding hydrogens is 800 g/mol. The molecule has 9 aromatic rings. The summed E-state index contributed by atoms with van der Waals surface area (Å²) in [4.78, 5) is 2.61. The molecule has 2 aliphatic rings. The molecule has 4 heteroatoms. The van der Waals surface area contributed by atoms with Gasteiger partial charge in [0, 0.05) is 55.4 Å². The van der Waals surface area contributed by atoms with Crippen LogP contribution in [0, 0.1) is 41.5 Å². The predicted octanol–water partition coefficient (Wildman–Crippen LogP) is 16.0. The summed E-state index contributed by atoms with van der Waals surface area (Å²) in [6, 6.07) is 40.9. The Morgan fingerprint density at radius 1 is 0.485 bits per heavy atom. The van der Waals surface area contributed by atoms with Crippen LogP contribution in [0.4, 0.5) is 17.1 Å². The van der Waals surface area contributed by atoms with Crippen LogP contribution in [0.1, 0.15) is 112 Å². The number of benzene rings is 7. The molecule has 0 N–H and O–H groups in total. The molecule has 2 aliphatic heterocycles. The Labute approximate surface area is 392 Å². The van der Waals surface area contributed by atoms with Crippen LogP contribution in [-0.4, -0.2) is 11.3 Å². The van der Waals surface area contributed by atoms with Gasteiger partial charge < -0.3 is 13.8 Å². The van der Waals surface area contributed by atoms with Gasteiger partial charge in [-0.25, -0.2) is 0 Å². The Hall–Kier alpha value is -6.26. The minimum atomic E-state index is -0.104. The smallest absolute Gasteiger partial charge is 0.333 e. The highest BCUT2D eigenvalue weighted by Gasteiger charge is 2.45. The van der Waals surface area contributed by atoms with Gasteiger partial charge in [-0.1, -0.05) is 122 Å². The molecule has 0 bridgehead atoms. The molecule has 0 amide bonds. The van der Waals surface area contributed by atoms with Crippen molar-refractivity contribution in [2.24, 2.45) is 0 Å². The van der Waals surface area contributed by atoms with E-state index in [0.29, 0.717) is 0 Å². The van der Waals surface area contributed by atoms with E-state index in [0.717, 1.165) is 11.0 Å². The van der Waals surface area contributed by atoms with Crippen molar-refractivity contribution in [2.75, 3.05) is 4.90 Å². The predicted molar refractivity (Wildman–Crippen MR) is 285 cm³/mol. The zero-order valence-electron chi connectivity index (χ0n) is 41.8. The number of aromatic nitrogens is 1. The van der Waals surface area contributed by atoms with Crippen LogP contribution < -0.4 is 15.8 Å². The van der Waals surface area contributed by atoms with E-state index in [9.17, 15) is 0 Å². The summed E-state index contributed by atoms with van der Waals surface area (Å²) >= 11 is 0. The van der Waals surface area contributed by atoms with Crippen molar-refractivity contribution in [1.29, 1.82) is 0 Å². The fourth-order valence-corrected chi connectivity index (χ4v) is 11.9. The van der Waals surface area contributed by atoms with E-state index >= 15 is 0 Å². The fraction of sp³-hybridized carbons (Fsp3) is 0.290. The number of furan rings is 1. The van der Waals surface area contributed by atoms with E-state index in [2.05, 4.69) is 216 Å². The van der Waals surface area contributed by atoms with E-state index in [1.54, 1.807) is 0 Å². The van der Waals surface area contributed by atoms with Crippen molar-refractivity contribution in [3.63, 3.8) is 0 Å². The molecule has 0 atom stereocenters. The molecule has 66 heavy (non-hydrogen) atoms.